The quantitative estimate of drug-likeness (QED) is 0.910. The summed E-state index contributed by atoms with van der Waals surface area (Å²) in [5, 5.41) is 3.11. The fourth-order valence-corrected chi connectivity index (χ4v) is 4.66. The van der Waals surface area contributed by atoms with Crippen molar-refractivity contribution >= 4 is 11.8 Å². The standard InChI is InChI=1S/C19H24N2O4/c1-2-21-16-4-3-8-19(16,9-7-17(21)22)11-20-18(23)13-5-6-14-15(10-13)25-12-24-14/h5-6,10,16H,2-4,7-9,11-12H2,1H3,(H,20,23)/t16-,19+/m1/s1. The summed E-state index contributed by atoms with van der Waals surface area (Å²) in [6.07, 6.45) is 4.69. The highest BCUT2D eigenvalue weighted by molar-refractivity contribution is 5.95. The number of hydrogen-bond acceptors (Lipinski definition) is 4. The van der Waals surface area contributed by atoms with Crippen molar-refractivity contribution in [2.75, 3.05) is 19.9 Å². The predicted octanol–water partition coefficient (Wildman–Crippen LogP) is 2.33. The van der Waals surface area contributed by atoms with Gasteiger partial charge in [-0.1, -0.05) is 6.42 Å². The van der Waals surface area contributed by atoms with Crippen molar-refractivity contribution in [1.82, 2.24) is 10.2 Å². The van der Waals surface area contributed by atoms with Crippen LogP contribution in [0.4, 0.5) is 0 Å². The van der Waals surface area contributed by atoms with E-state index in [2.05, 4.69) is 5.32 Å². The van der Waals surface area contributed by atoms with Crippen molar-refractivity contribution in [2.45, 2.75) is 45.1 Å². The van der Waals surface area contributed by atoms with Crippen molar-refractivity contribution in [2.24, 2.45) is 5.41 Å². The highest BCUT2D eigenvalue weighted by Gasteiger charge is 2.49. The summed E-state index contributed by atoms with van der Waals surface area (Å²) in [4.78, 5) is 26.8. The minimum Gasteiger partial charge on any atom is -0.454 e. The zero-order chi connectivity index (χ0) is 17.4. The van der Waals surface area contributed by atoms with Gasteiger partial charge in [0.25, 0.3) is 5.91 Å². The summed E-state index contributed by atoms with van der Waals surface area (Å²) in [5.41, 5.74) is 0.602. The number of ether oxygens (including phenoxy) is 2. The lowest BCUT2D eigenvalue weighted by Crippen LogP contribution is -2.55. The van der Waals surface area contributed by atoms with Crippen LogP contribution in [0.5, 0.6) is 11.5 Å². The molecule has 0 spiro atoms. The van der Waals surface area contributed by atoms with Crippen molar-refractivity contribution in [3.05, 3.63) is 23.8 Å². The lowest BCUT2D eigenvalue weighted by Gasteiger charge is -2.46. The third-order valence-corrected chi connectivity index (χ3v) is 5.97. The van der Waals surface area contributed by atoms with Crippen LogP contribution in [0.3, 0.4) is 0 Å². The fourth-order valence-electron chi connectivity index (χ4n) is 4.66. The van der Waals surface area contributed by atoms with E-state index in [1.165, 1.54) is 0 Å². The number of carbonyl (C=O) groups is 2. The Kier molecular flexibility index (Phi) is 4.06. The summed E-state index contributed by atoms with van der Waals surface area (Å²) in [7, 11) is 0. The van der Waals surface area contributed by atoms with Crippen molar-refractivity contribution in [3.8, 4) is 11.5 Å². The number of rotatable bonds is 4. The third kappa shape index (κ3) is 2.73. The molecular formula is C19H24N2O4. The molecule has 1 aromatic rings. The Hall–Kier alpha value is -2.24. The molecule has 0 aromatic heterocycles. The molecule has 1 saturated carbocycles. The van der Waals surface area contributed by atoms with Crippen LogP contribution in [0, 0.1) is 5.41 Å². The summed E-state index contributed by atoms with van der Waals surface area (Å²) < 4.78 is 10.6. The number of amides is 2. The Morgan fingerprint density at radius 2 is 2.16 bits per heavy atom. The molecule has 1 saturated heterocycles. The number of benzene rings is 1. The van der Waals surface area contributed by atoms with Crippen LogP contribution in [0.2, 0.25) is 0 Å². The molecule has 2 atom stereocenters. The van der Waals surface area contributed by atoms with Crippen molar-refractivity contribution in [1.29, 1.82) is 0 Å². The second kappa shape index (κ2) is 6.24. The van der Waals surface area contributed by atoms with E-state index in [-0.39, 0.29) is 30.1 Å². The molecule has 2 amide bonds. The second-order valence-electron chi connectivity index (χ2n) is 7.20. The minimum absolute atomic E-state index is 0.0237. The van der Waals surface area contributed by atoms with Gasteiger partial charge in [-0.05, 0) is 44.4 Å². The molecule has 2 aliphatic heterocycles. The summed E-state index contributed by atoms with van der Waals surface area (Å²) in [6, 6.07) is 5.52. The molecule has 6 heteroatoms. The molecule has 0 radical (unpaired) electrons. The minimum atomic E-state index is -0.0988. The summed E-state index contributed by atoms with van der Waals surface area (Å²) in [6.45, 7) is 3.61. The van der Waals surface area contributed by atoms with Gasteiger partial charge >= 0.3 is 0 Å². The topological polar surface area (TPSA) is 67.9 Å². The number of nitrogens with zero attached hydrogens (tertiary/aromatic N) is 1. The van der Waals surface area contributed by atoms with Crippen LogP contribution in [0.1, 0.15) is 49.4 Å². The number of piperidine rings is 1. The van der Waals surface area contributed by atoms with Gasteiger partial charge < -0.3 is 19.7 Å². The Morgan fingerprint density at radius 1 is 1.32 bits per heavy atom. The van der Waals surface area contributed by atoms with E-state index in [1.54, 1.807) is 18.2 Å². The fraction of sp³-hybridized carbons (Fsp3) is 0.579. The molecule has 25 heavy (non-hydrogen) atoms. The first-order valence-electron chi connectivity index (χ1n) is 9.10. The zero-order valence-electron chi connectivity index (χ0n) is 14.5. The van der Waals surface area contributed by atoms with E-state index in [4.69, 9.17) is 9.47 Å². The molecule has 1 aliphatic carbocycles. The van der Waals surface area contributed by atoms with Crippen LogP contribution in [0.15, 0.2) is 18.2 Å². The average molecular weight is 344 g/mol. The van der Waals surface area contributed by atoms with Crippen LogP contribution in [-0.2, 0) is 4.79 Å². The predicted molar refractivity (Wildman–Crippen MR) is 91.6 cm³/mol. The molecule has 3 aliphatic rings. The monoisotopic (exact) mass is 344 g/mol. The molecule has 134 valence electrons. The van der Waals surface area contributed by atoms with E-state index in [0.29, 0.717) is 30.0 Å². The Labute approximate surface area is 147 Å². The Bertz CT molecular complexity index is 705. The van der Waals surface area contributed by atoms with Gasteiger partial charge in [0.1, 0.15) is 0 Å². The SMILES string of the molecule is CCN1C(=O)CC[C@]2(CNC(=O)c3ccc4c(c3)OCO4)CCC[C@@H]12. The van der Waals surface area contributed by atoms with Gasteiger partial charge in [0, 0.05) is 36.5 Å². The zero-order valence-corrected chi connectivity index (χ0v) is 14.5. The first kappa shape index (κ1) is 16.2. The maximum absolute atomic E-state index is 12.6. The summed E-state index contributed by atoms with van der Waals surface area (Å²) >= 11 is 0. The number of fused-ring (bicyclic) bond motifs is 2. The van der Waals surface area contributed by atoms with Crippen LogP contribution >= 0.6 is 0 Å². The molecule has 4 rings (SSSR count). The van der Waals surface area contributed by atoms with Gasteiger partial charge in [0.2, 0.25) is 12.7 Å². The highest BCUT2D eigenvalue weighted by Crippen LogP contribution is 2.47. The van der Waals surface area contributed by atoms with Crippen molar-refractivity contribution < 1.29 is 19.1 Å². The van der Waals surface area contributed by atoms with Crippen LogP contribution < -0.4 is 14.8 Å². The van der Waals surface area contributed by atoms with Gasteiger partial charge in [-0.15, -0.1) is 0 Å². The molecule has 6 nitrogen and oxygen atoms in total. The van der Waals surface area contributed by atoms with E-state index < -0.39 is 0 Å². The molecular weight excluding hydrogens is 320 g/mol. The molecule has 2 fully saturated rings. The van der Waals surface area contributed by atoms with E-state index >= 15 is 0 Å². The lowest BCUT2D eigenvalue weighted by atomic mass is 9.74. The maximum Gasteiger partial charge on any atom is 0.251 e. The van der Waals surface area contributed by atoms with Gasteiger partial charge in [0.15, 0.2) is 11.5 Å². The first-order chi connectivity index (χ1) is 12.1. The number of hydrogen-bond donors (Lipinski definition) is 1. The third-order valence-electron chi connectivity index (χ3n) is 5.97. The molecule has 0 unspecified atom stereocenters. The van der Waals surface area contributed by atoms with Gasteiger partial charge in [0.05, 0.1) is 0 Å². The Balaban J connectivity index is 1.46. The van der Waals surface area contributed by atoms with Crippen molar-refractivity contribution in [3.63, 3.8) is 0 Å². The second-order valence-corrected chi connectivity index (χ2v) is 7.20. The molecule has 0 bridgehead atoms. The summed E-state index contributed by atoms with van der Waals surface area (Å²) in [5.74, 6) is 1.45. The highest BCUT2D eigenvalue weighted by atomic mass is 16.7. The van der Waals surface area contributed by atoms with E-state index in [0.717, 1.165) is 32.2 Å². The largest absolute Gasteiger partial charge is 0.454 e. The van der Waals surface area contributed by atoms with Gasteiger partial charge in [-0.2, -0.15) is 0 Å². The molecule has 1 N–H and O–H groups in total. The number of likely N-dealkylation sites (tertiary alicyclic amines) is 1. The lowest BCUT2D eigenvalue weighted by molar-refractivity contribution is -0.141. The molecule has 1 aromatic carbocycles. The molecule has 2 heterocycles. The first-order valence-corrected chi connectivity index (χ1v) is 9.10. The van der Waals surface area contributed by atoms with E-state index in [1.807, 2.05) is 11.8 Å². The average Bonchev–Trinajstić information content (AvgIpc) is 3.26. The Morgan fingerprint density at radius 3 is 3.00 bits per heavy atom. The van der Waals surface area contributed by atoms with Crippen LogP contribution in [0.25, 0.3) is 0 Å². The smallest absolute Gasteiger partial charge is 0.251 e. The normalized spacial score (nSPS) is 27.3. The maximum atomic E-state index is 12.6. The number of nitrogens with one attached hydrogen (secondary N) is 1. The number of carbonyl (C=O) groups excluding carboxylic acids is 2. The van der Waals surface area contributed by atoms with Gasteiger partial charge in [-0.3, -0.25) is 9.59 Å². The van der Waals surface area contributed by atoms with Crippen LogP contribution in [-0.4, -0.2) is 42.6 Å². The van der Waals surface area contributed by atoms with Gasteiger partial charge in [-0.25, -0.2) is 0 Å². The van der Waals surface area contributed by atoms with E-state index in [9.17, 15) is 9.59 Å².